The van der Waals surface area contributed by atoms with E-state index in [1.54, 1.807) is 0 Å². The lowest BCUT2D eigenvalue weighted by molar-refractivity contribution is -0.139. The molecule has 1 N–H and O–H groups in total. The van der Waals surface area contributed by atoms with Gasteiger partial charge in [0.15, 0.2) is 0 Å². The van der Waals surface area contributed by atoms with Crippen molar-refractivity contribution in [1.29, 1.82) is 0 Å². The molecule has 0 saturated carbocycles. The van der Waals surface area contributed by atoms with Crippen LogP contribution in [0.1, 0.15) is 18.9 Å². The second-order valence-electron chi connectivity index (χ2n) is 3.75. The Morgan fingerprint density at radius 3 is 2.61 bits per heavy atom. The van der Waals surface area contributed by atoms with Crippen molar-refractivity contribution in [2.24, 2.45) is 0 Å². The van der Waals surface area contributed by atoms with Crippen LogP contribution >= 0.6 is 0 Å². The van der Waals surface area contributed by atoms with Crippen LogP contribution in [0.25, 0.3) is 0 Å². The van der Waals surface area contributed by atoms with Crippen LogP contribution in [0, 0.1) is 5.82 Å². The van der Waals surface area contributed by atoms with E-state index in [-0.39, 0.29) is 5.75 Å². The SMILES string of the molecule is CCNCc1cc(F)ccc1OCCC(F)(F)F. The lowest BCUT2D eigenvalue weighted by atomic mass is 10.2. The summed E-state index contributed by atoms with van der Waals surface area (Å²) in [4.78, 5) is 0. The van der Waals surface area contributed by atoms with E-state index < -0.39 is 25.0 Å². The molecule has 0 aliphatic rings. The van der Waals surface area contributed by atoms with Crippen LogP contribution in [-0.2, 0) is 6.54 Å². The molecule has 18 heavy (non-hydrogen) atoms. The Bertz CT molecular complexity index is 379. The molecule has 0 fully saturated rings. The third kappa shape index (κ3) is 5.35. The minimum atomic E-state index is -4.25. The number of halogens is 4. The Hall–Kier alpha value is -1.30. The van der Waals surface area contributed by atoms with Crippen LogP contribution in [0.15, 0.2) is 18.2 Å². The first kappa shape index (κ1) is 14.8. The predicted molar refractivity (Wildman–Crippen MR) is 59.9 cm³/mol. The number of ether oxygens (including phenoxy) is 1. The van der Waals surface area contributed by atoms with Crippen LogP contribution in [-0.4, -0.2) is 19.3 Å². The second-order valence-corrected chi connectivity index (χ2v) is 3.75. The average Bonchev–Trinajstić information content (AvgIpc) is 2.27. The molecule has 0 amide bonds. The molecule has 1 rings (SSSR count). The van der Waals surface area contributed by atoms with Crippen molar-refractivity contribution in [1.82, 2.24) is 5.32 Å². The highest BCUT2D eigenvalue weighted by Gasteiger charge is 2.27. The Morgan fingerprint density at radius 2 is 2.00 bits per heavy atom. The van der Waals surface area contributed by atoms with Gasteiger partial charge >= 0.3 is 6.18 Å². The number of alkyl halides is 3. The average molecular weight is 265 g/mol. The molecule has 0 radical (unpaired) electrons. The third-order valence-corrected chi connectivity index (χ3v) is 2.23. The summed E-state index contributed by atoms with van der Waals surface area (Å²) in [7, 11) is 0. The van der Waals surface area contributed by atoms with E-state index in [4.69, 9.17) is 4.74 Å². The first-order chi connectivity index (χ1) is 8.42. The van der Waals surface area contributed by atoms with Crippen molar-refractivity contribution in [3.05, 3.63) is 29.6 Å². The maximum Gasteiger partial charge on any atom is 0.392 e. The van der Waals surface area contributed by atoms with Crippen molar-refractivity contribution in [3.63, 3.8) is 0 Å². The molecule has 102 valence electrons. The molecule has 0 unspecified atom stereocenters. The van der Waals surface area contributed by atoms with Gasteiger partial charge in [-0.3, -0.25) is 0 Å². The zero-order chi connectivity index (χ0) is 13.6. The fourth-order valence-electron chi connectivity index (χ4n) is 1.36. The fraction of sp³-hybridized carbons (Fsp3) is 0.500. The Balaban J connectivity index is 2.63. The quantitative estimate of drug-likeness (QED) is 0.797. The molecule has 0 saturated heterocycles. The highest BCUT2D eigenvalue weighted by molar-refractivity contribution is 5.33. The molecule has 1 aromatic rings. The first-order valence-electron chi connectivity index (χ1n) is 5.61. The summed E-state index contributed by atoms with van der Waals surface area (Å²) in [5.41, 5.74) is 0.513. The molecular weight excluding hydrogens is 250 g/mol. The minimum absolute atomic E-state index is 0.279. The lowest BCUT2D eigenvalue weighted by Gasteiger charge is -2.13. The van der Waals surface area contributed by atoms with Gasteiger partial charge in [-0.15, -0.1) is 0 Å². The standard InChI is InChI=1S/C12H15F4NO/c1-2-17-8-9-7-10(13)3-4-11(9)18-6-5-12(14,15)16/h3-4,7,17H,2,5-6,8H2,1H3. The summed E-state index contributed by atoms with van der Waals surface area (Å²) in [5.74, 6) is -0.160. The topological polar surface area (TPSA) is 21.3 Å². The number of hydrogen-bond acceptors (Lipinski definition) is 2. The third-order valence-electron chi connectivity index (χ3n) is 2.23. The van der Waals surface area contributed by atoms with Gasteiger partial charge in [-0.1, -0.05) is 6.92 Å². The van der Waals surface area contributed by atoms with Crippen LogP contribution in [0.3, 0.4) is 0 Å². The van der Waals surface area contributed by atoms with Gasteiger partial charge in [-0.2, -0.15) is 13.2 Å². The normalized spacial score (nSPS) is 11.6. The molecule has 0 aliphatic carbocycles. The molecule has 0 bridgehead atoms. The van der Waals surface area contributed by atoms with Gasteiger partial charge in [0.1, 0.15) is 11.6 Å². The van der Waals surface area contributed by atoms with Crippen LogP contribution in [0.4, 0.5) is 17.6 Å². The highest BCUT2D eigenvalue weighted by Crippen LogP contribution is 2.23. The van der Waals surface area contributed by atoms with Crippen molar-refractivity contribution in [3.8, 4) is 5.75 Å². The van der Waals surface area contributed by atoms with Gasteiger partial charge in [-0.05, 0) is 24.7 Å². The number of hydrogen-bond donors (Lipinski definition) is 1. The van der Waals surface area contributed by atoms with Gasteiger partial charge < -0.3 is 10.1 Å². The van der Waals surface area contributed by atoms with Gasteiger partial charge in [0.2, 0.25) is 0 Å². The first-order valence-corrected chi connectivity index (χ1v) is 5.61. The van der Waals surface area contributed by atoms with Gasteiger partial charge in [0.05, 0.1) is 13.0 Å². The Kier molecular flexibility index (Phi) is 5.40. The molecule has 0 atom stereocenters. The number of rotatable bonds is 6. The molecule has 6 heteroatoms. The molecule has 0 aromatic heterocycles. The van der Waals surface area contributed by atoms with Crippen molar-refractivity contribution in [2.75, 3.05) is 13.2 Å². The molecular formula is C12H15F4NO. The maximum absolute atomic E-state index is 13.0. The van der Waals surface area contributed by atoms with E-state index in [1.807, 2.05) is 6.92 Å². The van der Waals surface area contributed by atoms with Gasteiger partial charge in [-0.25, -0.2) is 4.39 Å². The van der Waals surface area contributed by atoms with E-state index in [9.17, 15) is 17.6 Å². The largest absolute Gasteiger partial charge is 0.493 e. The summed E-state index contributed by atoms with van der Waals surface area (Å²) < 4.78 is 54.0. The number of nitrogens with one attached hydrogen (secondary N) is 1. The fourth-order valence-corrected chi connectivity index (χ4v) is 1.36. The summed E-state index contributed by atoms with van der Waals surface area (Å²) in [6.45, 7) is 2.45. The second kappa shape index (κ2) is 6.58. The zero-order valence-corrected chi connectivity index (χ0v) is 9.98. The molecule has 0 aliphatic heterocycles. The Morgan fingerprint density at radius 1 is 1.28 bits per heavy atom. The van der Waals surface area contributed by atoms with E-state index in [0.29, 0.717) is 18.7 Å². The summed E-state index contributed by atoms with van der Waals surface area (Å²) in [6, 6.07) is 3.77. The zero-order valence-electron chi connectivity index (χ0n) is 9.98. The monoisotopic (exact) mass is 265 g/mol. The van der Waals surface area contributed by atoms with E-state index in [0.717, 1.165) is 0 Å². The summed E-state index contributed by atoms with van der Waals surface area (Å²) in [6.07, 6.45) is -5.27. The van der Waals surface area contributed by atoms with Crippen LogP contribution < -0.4 is 10.1 Å². The number of benzene rings is 1. The summed E-state index contributed by atoms with van der Waals surface area (Å²) in [5, 5.41) is 2.97. The lowest BCUT2D eigenvalue weighted by Crippen LogP contribution is -2.16. The van der Waals surface area contributed by atoms with E-state index in [2.05, 4.69) is 5.32 Å². The predicted octanol–water partition coefficient (Wildman–Crippen LogP) is 3.27. The van der Waals surface area contributed by atoms with Crippen LogP contribution in [0.5, 0.6) is 5.75 Å². The summed E-state index contributed by atoms with van der Waals surface area (Å²) >= 11 is 0. The Labute approximate surface area is 103 Å². The minimum Gasteiger partial charge on any atom is -0.493 e. The van der Waals surface area contributed by atoms with Gasteiger partial charge in [0, 0.05) is 12.1 Å². The van der Waals surface area contributed by atoms with Gasteiger partial charge in [0.25, 0.3) is 0 Å². The molecule has 0 heterocycles. The highest BCUT2D eigenvalue weighted by atomic mass is 19.4. The van der Waals surface area contributed by atoms with Crippen molar-refractivity contribution >= 4 is 0 Å². The smallest absolute Gasteiger partial charge is 0.392 e. The van der Waals surface area contributed by atoms with E-state index in [1.165, 1.54) is 18.2 Å². The van der Waals surface area contributed by atoms with E-state index >= 15 is 0 Å². The molecule has 1 aromatic carbocycles. The maximum atomic E-state index is 13.0. The van der Waals surface area contributed by atoms with Crippen molar-refractivity contribution in [2.45, 2.75) is 26.1 Å². The molecule has 0 spiro atoms. The van der Waals surface area contributed by atoms with Crippen molar-refractivity contribution < 1.29 is 22.3 Å². The molecule has 2 nitrogen and oxygen atoms in total. The van der Waals surface area contributed by atoms with Crippen LogP contribution in [0.2, 0.25) is 0 Å².